The number of carbonyl (C=O) groups excluding carboxylic acids is 1. The Bertz CT molecular complexity index is 1530. The highest BCUT2D eigenvalue weighted by Gasteiger charge is 2.27. The number of hydrogen-bond acceptors (Lipinski definition) is 6. The lowest BCUT2D eigenvalue weighted by molar-refractivity contribution is 0.242. The zero-order valence-electron chi connectivity index (χ0n) is 21.6. The topological polar surface area (TPSA) is 106 Å². The van der Waals surface area contributed by atoms with Gasteiger partial charge in [-0.3, -0.25) is 4.98 Å². The number of sulfonamides is 1. The molecule has 0 saturated carbocycles. The summed E-state index contributed by atoms with van der Waals surface area (Å²) in [7, 11) is -4.25. The Kier molecular flexibility index (Phi) is 8.27. The van der Waals surface area contributed by atoms with Gasteiger partial charge in [0.2, 0.25) is 0 Å². The quantitative estimate of drug-likeness (QED) is 0.286. The van der Waals surface area contributed by atoms with E-state index in [1.165, 1.54) is 6.07 Å². The maximum absolute atomic E-state index is 15.2. The van der Waals surface area contributed by atoms with Crippen LogP contribution in [0.3, 0.4) is 0 Å². The highest BCUT2D eigenvalue weighted by atomic mass is 32.2. The lowest BCUT2D eigenvalue weighted by Crippen LogP contribution is -2.40. The van der Waals surface area contributed by atoms with E-state index in [9.17, 15) is 13.2 Å². The van der Waals surface area contributed by atoms with Crippen molar-refractivity contribution in [3.8, 4) is 11.1 Å². The van der Waals surface area contributed by atoms with Crippen molar-refractivity contribution in [3.63, 3.8) is 0 Å². The second kappa shape index (κ2) is 11.4. The lowest BCUT2D eigenvalue weighted by atomic mass is 10.0. The smallest absolute Gasteiger partial charge is 0.329 e. The summed E-state index contributed by atoms with van der Waals surface area (Å²) in [6.45, 7) is 7.92. The van der Waals surface area contributed by atoms with Gasteiger partial charge in [-0.05, 0) is 56.0 Å². The van der Waals surface area contributed by atoms with Gasteiger partial charge in [0.1, 0.15) is 15.9 Å². The van der Waals surface area contributed by atoms with Crippen LogP contribution in [-0.4, -0.2) is 29.0 Å². The largest absolute Gasteiger partial charge is 0.331 e. The molecule has 3 aromatic heterocycles. The minimum absolute atomic E-state index is 0.0357. The predicted octanol–water partition coefficient (Wildman–Crippen LogP) is 5.45. The Balaban J connectivity index is 1.62. The Morgan fingerprint density at radius 1 is 1.11 bits per heavy atom. The van der Waals surface area contributed by atoms with Crippen molar-refractivity contribution in [1.82, 2.24) is 24.6 Å². The number of rotatable bonds is 9. The van der Waals surface area contributed by atoms with E-state index in [1.54, 1.807) is 61.9 Å². The maximum atomic E-state index is 15.2. The van der Waals surface area contributed by atoms with E-state index in [1.807, 2.05) is 25.3 Å². The molecule has 1 atom stereocenters. The highest BCUT2D eigenvalue weighted by molar-refractivity contribution is 7.92. The van der Waals surface area contributed by atoms with Gasteiger partial charge >= 0.3 is 6.03 Å². The van der Waals surface area contributed by atoms with E-state index >= 15 is 4.39 Å². The van der Waals surface area contributed by atoms with Gasteiger partial charge in [-0.25, -0.2) is 27.3 Å². The van der Waals surface area contributed by atoms with Gasteiger partial charge in [0.15, 0.2) is 0 Å². The molecule has 0 aliphatic heterocycles. The number of halogens is 1. The van der Waals surface area contributed by atoms with Crippen LogP contribution in [0.4, 0.5) is 9.18 Å². The molecular weight excluding hydrogens is 525 g/mol. The van der Waals surface area contributed by atoms with Crippen LogP contribution in [0, 0.1) is 18.7 Å². The number of aryl methyl sites for hydroxylation is 1. The molecule has 0 saturated heterocycles. The number of thiophene rings is 1. The van der Waals surface area contributed by atoms with E-state index < -0.39 is 27.9 Å². The molecule has 0 fully saturated rings. The highest BCUT2D eigenvalue weighted by Crippen LogP contribution is 2.37. The van der Waals surface area contributed by atoms with Crippen LogP contribution in [0.2, 0.25) is 0 Å². The molecule has 4 aromatic rings. The van der Waals surface area contributed by atoms with E-state index in [0.717, 1.165) is 22.0 Å². The first-order valence-electron chi connectivity index (χ1n) is 12.2. The van der Waals surface area contributed by atoms with Crippen molar-refractivity contribution < 1.29 is 17.6 Å². The molecule has 0 bridgehead atoms. The number of nitrogens with zero attached hydrogens (tertiary/aromatic N) is 3. The summed E-state index contributed by atoms with van der Waals surface area (Å²) in [5, 5.41) is 2.61. The zero-order chi connectivity index (χ0) is 27.4. The summed E-state index contributed by atoms with van der Waals surface area (Å²) >= 11 is 1.09. The standard InChI is InChI=1S/C27H30FN5O3S2/c1-17(2)13-22-15-23(20-8-9-21(24(28)14-20)16-33-12-11-29-19(33)4)26(37-22)38(35,36)32-27(34)31-18(3)25-7-5-6-10-30-25/h5-12,14-15,17-18H,13,16H2,1-4H3,(H2,31,32,34). The lowest BCUT2D eigenvalue weighted by Gasteiger charge is -2.14. The first-order valence-corrected chi connectivity index (χ1v) is 14.5. The van der Waals surface area contributed by atoms with Crippen LogP contribution >= 0.6 is 11.3 Å². The van der Waals surface area contributed by atoms with Crippen molar-refractivity contribution in [2.24, 2.45) is 5.92 Å². The molecule has 38 heavy (non-hydrogen) atoms. The molecule has 11 heteroatoms. The summed E-state index contributed by atoms with van der Waals surface area (Å²) in [5.41, 5.74) is 1.82. The predicted molar refractivity (Wildman–Crippen MR) is 146 cm³/mol. The molecule has 2 N–H and O–H groups in total. The average molecular weight is 556 g/mol. The molecular formula is C27H30FN5O3S2. The number of benzene rings is 1. The zero-order valence-corrected chi connectivity index (χ0v) is 23.2. The fourth-order valence-electron chi connectivity index (χ4n) is 4.03. The average Bonchev–Trinajstić information content (AvgIpc) is 3.46. The molecule has 0 radical (unpaired) electrons. The number of amides is 2. The van der Waals surface area contributed by atoms with Crippen LogP contribution in [0.1, 0.15) is 48.8 Å². The molecule has 0 spiro atoms. The molecule has 4 rings (SSSR count). The number of carbonyl (C=O) groups is 1. The van der Waals surface area contributed by atoms with Crippen LogP contribution in [0.25, 0.3) is 11.1 Å². The molecule has 0 aliphatic carbocycles. The minimum Gasteiger partial charge on any atom is -0.331 e. The van der Waals surface area contributed by atoms with Gasteiger partial charge < -0.3 is 9.88 Å². The van der Waals surface area contributed by atoms with E-state index in [2.05, 4.69) is 20.0 Å². The van der Waals surface area contributed by atoms with Crippen LogP contribution in [-0.2, 0) is 23.0 Å². The van der Waals surface area contributed by atoms with Gasteiger partial charge in [0.25, 0.3) is 10.0 Å². The third-order valence-corrected chi connectivity index (χ3v) is 8.96. The van der Waals surface area contributed by atoms with Crippen LogP contribution in [0.15, 0.2) is 65.3 Å². The molecule has 1 aromatic carbocycles. The van der Waals surface area contributed by atoms with Gasteiger partial charge in [0, 0.05) is 34.6 Å². The fourth-order valence-corrected chi connectivity index (χ4v) is 6.89. The normalized spacial score (nSPS) is 12.5. The third-order valence-electron chi connectivity index (χ3n) is 5.94. The number of imidazole rings is 1. The number of urea groups is 1. The van der Waals surface area contributed by atoms with Gasteiger partial charge in [-0.15, -0.1) is 11.3 Å². The SMILES string of the molecule is Cc1nccn1Cc1ccc(-c2cc(CC(C)C)sc2S(=O)(=O)NC(=O)NC(C)c2ccccn2)cc1F. The minimum atomic E-state index is -4.25. The Labute approximate surface area is 226 Å². The van der Waals surface area contributed by atoms with Crippen molar-refractivity contribution in [2.75, 3.05) is 0 Å². The molecule has 3 heterocycles. The van der Waals surface area contributed by atoms with Gasteiger partial charge in [-0.1, -0.05) is 32.0 Å². The van der Waals surface area contributed by atoms with Crippen molar-refractivity contribution in [1.29, 1.82) is 0 Å². The first-order chi connectivity index (χ1) is 18.0. The fraction of sp³-hybridized carbons (Fsp3) is 0.296. The van der Waals surface area contributed by atoms with Gasteiger partial charge in [-0.2, -0.15) is 0 Å². The molecule has 2 amide bonds. The number of pyridine rings is 1. The van der Waals surface area contributed by atoms with E-state index in [4.69, 9.17) is 0 Å². The van der Waals surface area contributed by atoms with E-state index in [0.29, 0.717) is 35.3 Å². The molecule has 200 valence electrons. The summed E-state index contributed by atoms with van der Waals surface area (Å²) in [6.07, 6.45) is 5.67. The Hall–Kier alpha value is -3.57. The van der Waals surface area contributed by atoms with Crippen molar-refractivity contribution >= 4 is 27.4 Å². The maximum Gasteiger partial charge on any atom is 0.329 e. The number of hydrogen-bond donors (Lipinski definition) is 2. The summed E-state index contributed by atoms with van der Waals surface area (Å²) < 4.78 is 45.8. The molecule has 1 unspecified atom stereocenters. The second-order valence-corrected chi connectivity index (χ2v) is 12.5. The summed E-state index contributed by atoms with van der Waals surface area (Å²) in [5.74, 6) is 0.593. The van der Waals surface area contributed by atoms with Gasteiger partial charge in [0.05, 0.1) is 18.3 Å². The molecule has 8 nitrogen and oxygen atoms in total. The second-order valence-electron chi connectivity index (χ2n) is 9.48. The summed E-state index contributed by atoms with van der Waals surface area (Å²) in [6, 6.07) is 10.3. The Morgan fingerprint density at radius 2 is 1.89 bits per heavy atom. The molecule has 0 aliphatic rings. The Morgan fingerprint density at radius 3 is 2.53 bits per heavy atom. The summed E-state index contributed by atoms with van der Waals surface area (Å²) in [4.78, 5) is 21.8. The number of aromatic nitrogens is 3. The van der Waals surface area contributed by atoms with Crippen LogP contribution in [0.5, 0.6) is 0 Å². The number of nitrogens with one attached hydrogen (secondary N) is 2. The van der Waals surface area contributed by atoms with Crippen LogP contribution < -0.4 is 10.0 Å². The van der Waals surface area contributed by atoms with Crippen molar-refractivity contribution in [3.05, 3.63) is 88.8 Å². The third kappa shape index (κ3) is 6.46. The monoisotopic (exact) mass is 555 g/mol. The van der Waals surface area contributed by atoms with Crippen molar-refractivity contribution in [2.45, 2.75) is 50.9 Å². The first kappa shape index (κ1) is 27.5. The van der Waals surface area contributed by atoms with E-state index in [-0.39, 0.29) is 10.1 Å².